The van der Waals surface area contributed by atoms with Crippen LogP contribution in [0.15, 0.2) is 0 Å². The van der Waals surface area contributed by atoms with Crippen molar-refractivity contribution >= 4 is 11.9 Å². The normalized spacial score (nSPS) is 30.1. The lowest BCUT2D eigenvalue weighted by molar-refractivity contribution is -0.176. The number of rotatable bonds is 6. The van der Waals surface area contributed by atoms with E-state index in [0.717, 1.165) is 0 Å². The van der Waals surface area contributed by atoms with Crippen molar-refractivity contribution in [3.8, 4) is 0 Å². The molecule has 0 aromatic heterocycles. The minimum atomic E-state index is -1.45. The smallest absolute Gasteiger partial charge is 0.338 e. The highest BCUT2D eigenvalue weighted by Crippen LogP contribution is 2.36. The molecule has 1 N–H and O–H groups in total. The second-order valence-electron chi connectivity index (χ2n) is 4.28. The van der Waals surface area contributed by atoms with Gasteiger partial charge in [-0.15, -0.1) is 0 Å². The first-order chi connectivity index (χ1) is 9.02. The highest BCUT2D eigenvalue weighted by atomic mass is 16.6. The number of aliphatic hydroxyl groups excluding tert-OH is 1. The van der Waals surface area contributed by atoms with E-state index in [1.165, 1.54) is 14.2 Å². The highest BCUT2D eigenvalue weighted by Gasteiger charge is 2.54. The average Bonchev–Trinajstić information content (AvgIpc) is 2.77. The number of carbonyl (C=O) groups is 2. The second-order valence-corrected chi connectivity index (χ2v) is 4.28. The molecular formula is C12H20O7. The van der Waals surface area contributed by atoms with Crippen molar-refractivity contribution in [2.45, 2.75) is 37.6 Å². The van der Waals surface area contributed by atoms with Gasteiger partial charge in [0.25, 0.3) is 0 Å². The van der Waals surface area contributed by atoms with E-state index in [1.54, 1.807) is 6.92 Å². The van der Waals surface area contributed by atoms with Crippen molar-refractivity contribution < 1.29 is 33.6 Å². The molecular weight excluding hydrogens is 256 g/mol. The molecule has 7 nitrogen and oxygen atoms in total. The maximum atomic E-state index is 11.9. The van der Waals surface area contributed by atoms with Crippen LogP contribution < -0.4 is 0 Å². The standard InChI is InChI=1S/C12H20O7/c1-4-18-8-5-12(11(15)17-3,6-10(14)16-2)19-9(8)7-13/h8-9,13H,4-7H2,1-3H3/t8-,9?,12?/m1/s1. The zero-order chi connectivity index (χ0) is 14.5. The van der Waals surface area contributed by atoms with Crippen LogP contribution in [-0.4, -0.2) is 62.3 Å². The molecule has 0 aliphatic carbocycles. The zero-order valence-corrected chi connectivity index (χ0v) is 11.4. The Morgan fingerprint density at radius 3 is 2.53 bits per heavy atom. The summed E-state index contributed by atoms with van der Waals surface area (Å²) in [4.78, 5) is 23.3. The zero-order valence-electron chi connectivity index (χ0n) is 11.4. The summed E-state index contributed by atoms with van der Waals surface area (Å²) in [6.45, 7) is 1.91. The highest BCUT2D eigenvalue weighted by molar-refractivity contribution is 5.86. The minimum Gasteiger partial charge on any atom is -0.469 e. The summed E-state index contributed by atoms with van der Waals surface area (Å²) in [7, 11) is 2.44. The fourth-order valence-corrected chi connectivity index (χ4v) is 2.21. The molecule has 0 aromatic carbocycles. The Labute approximate surface area is 111 Å². The summed E-state index contributed by atoms with van der Waals surface area (Å²) < 4.78 is 20.2. The third-order valence-electron chi connectivity index (χ3n) is 3.10. The predicted octanol–water partition coefficient (Wildman–Crippen LogP) is -0.352. The fraction of sp³-hybridized carbons (Fsp3) is 0.833. The van der Waals surface area contributed by atoms with Crippen LogP contribution in [0.4, 0.5) is 0 Å². The lowest BCUT2D eigenvalue weighted by Crippen LogP contribution is -2.42. The van der Waals surface area contributed by atoms with E-state index < -0.39 is 29.7 Å². The third-order valence-corrected chi connectivity index (χ3v) is 3.10. The summed E-state index contributed by atoms with van der Waals surface area (Å²) >= 11 is 0. The molecule has 1 rings (SSSR count). The fourth-order valence-electron chi connectivity index (χ4n) is 2.21. The van der Waals surface area contributed by atoms with Crippen LogP contribution in [0.25, 0.3) is 0 Å². The maximum Gasteiger partial charge on any atom is 0.338 e. The van der Waals surface area contributed by atoms with Gasteiger partial charge in [0.05, 0.1) is 33.4 Å². The molecule has 1 heterocycles. The molecule has 3 atom stereocenters. The van der Waals surface area contributed by atoms with Crippen LogP contribution in [0.5, 0.6) is 0 Å². The largest absolute Gasteiger partial charge is 0.469 e. The van der Waals surface area contributed by atoms with Gasteiger partial charge in [-0.25, -0.2) is 4.79 Å². The lowest BCUT2D eigenvalue weighted by Gasteiger charge is -2.24. The summed E-state index contributed by atoms with van der Waals surface area (Å²) in [5.74, 6) is -1.25. The molecule has 0 spiro atoms. The summed E-state index contributed by atoms with van der Waals surface area (Å²) in [6.07, 6.45) is -1.24. The van der Waals surface area contributed by atoms with Crippen molar-refractivity contribution in [1.29, 1.82) is 0 Å². The first kappa shape index (κ1) is 15.9. The van der Waals surface area contributed by atoms with E-state index in [1.807, 2.05) is 0 Å². The molecule has 0 bridgehead atoms. The molecule has 1 saturated heterocycles. The van der Waals surface area contributed by atoms with Crippen LogP contribution >= 0.6 is 0 Å². The van der Waals surface area contributed by atoms with Crippen molar-refractivity contribution in [2.75, 3.05) is 27.4 Å². The summed E-state index contributed by atoms with van der Waals surface area (Å²) in [5, 5.41) is 9.27. The quantitative estimate of drug-likeness (QED) is 0.663. The Hall–Kier alpha value is -1.18. The molecule has 7 heteroatoms. The Bertz CT molecular complexity index is 330. The van der Waals surface area contributed by atoms with Gasteiger partial charge in [0.2, 0.25) is 0 Å². The monoisotopic (exact) mass is 276 g/mol. The molecule has 0 aromatic rings. The number of hydrogen-bond donors (Lipinski definition) is 1. The van der Waals surface area contributed by atoms with Crippen LogP contribution in [0.2, 0.25) is 0 Å². The van der Waals surface area contributed by atoms with Gasteiger partial charge >= 0.3 is 11.9 Å². The van der Waals surface area contributed by atoms with E-state index in [9.17, 15) is 14.7 Å². The van der Waals surface area contributed by atoms with E-state index >= 15 is 0 Å². The van der Waals surface area contributed by atoms with Crippen LogP contribution in [0, 0.1) is 0 Å². The maximum absolute atomic E-state index is 11.9. The molecule has 110 valence electrons. The van der Waals surface area contributed by atoms with E-state index in [-0.39, 0.29) is 19.4 Å². The first-order valence-electron chi connectivity index (χ1n) is 6.08. The molecule has 1 aliphatic heterocycles. The molecule has 0 radical (unpaired) electrons. The predicted molar refractivity (Wildman–Crippen MR) is 63.4 cm³/mol. The van der Waals surface area contributed by atoms with Crippen molar-refractivity contribution in [1.82, 2.24) is 0 Å². The van der Waals surface area contributed by atoms with Crippen LogP contribution in [0.1, 0.15) is 19.8 Å². The second kappa shape index (κ2) is 6.83. The first-order valence-corrected chi connectivity index (χ1v) is 6.08. The van der Waals surface area contributed by atoms with Gasteiger partial charge in [-0.1, -0.05) is 0 Å². The van der Waals surface area contributed by atoms with Gasteiger partial charge in [0, 0.05) is 13.0 Å². The average molecular weight is 276 g/mol. The number of ether oxygens (including phenoxy) is 4. The SMILES string of the molecule is CCO[C@@H]1CC(CC(=O)OC)(C(=O)OC)OC1CO. The Morgan fingerprint density at radius 2 is 2.05 bits per heavy atom. The van der Waals surface area contributed by atoms with E-state index in [0.29, 0.717) is 6.61 Å². The molecule has 1 aliphatic rings. The molecule has 0 amide bonds. The van der Waals surface area contributed by atoms with Crippen molar-refractivity contribution in [3.63, 3.8) is 0 Å². The lowest BCUT2D eigenvalue weighted by atomic mass is 9.94. The molecule has 0 saturated carbocycles. The van der Waals surface area contributed by atoms with Gasteiger partial charge in [0.15, 0.2) is 5.60 Å². The topological polar surface area (TPSA) is 91.3 Å². The van der Waals surface area contributed by atoms with Gasteiger partial charge in [0.1, 0.15) is 6.10 Å². The minimum absolute atomic E-state index is 0.147. The van der Waals surface area contributed by atoms with Gasteiger partial charge in [-0.3, -0.25) is 4.79 Å². The van der Waals surface area contributed by atoms with Crippen LogP contribution in [0.3, 0.4) is 0 Å². The molecule has 2 unspecified atom stereocenters. The summed E-state index contributed by atoms with van der Waals surface area (Å²) in [5.41, 5.74) is -1.45. The molecule has 19 heavy (non-hydrogen) atoms. The number of carbonyl (C=O) groups excluding carboxylic acids is 2. The Kier molecular flexibility index (Phi) is 5.71. The summed E-state index contributed by atoms with van der Waals surface area (Å²) in [6, 6.07) is 0. The van der Waals surface area contributed by atoms with Crippen molar-refractivity contribution in [2.24, 2.45) is 0 Å². The van der Waals surface area contributed by atoms with Gasteiger partial charge in [-0.05, 0) is 6.92 Å². The number of hydrogen-bond acceptors (Lipinski definition) is 7. The number of esters is 2. The van der Waals surface area contributed by atoms with Gasteiger partial charge in [-0.2, -0.15) is 0 Å². The Balaban J connectivity index is 2.93. The van der Waals surface area contributed by atoms with Crippen molar-refractivity contribution in [3.05, 3.63) is 0 Å². The number of aliphatic hydroxyl groups is 1. The number of methoxy groups -OCH3 is 2. The third kappa shape index (κ3) is 3.43. The van der Waals surface area contributed by atoms with Gasteiger partial charge < -0.3 is 24.1 Å². The molecule has 1 fully saturated rings. The Morgan fingerprint density at radius 1 is 1.37 bits per heavy atom. The van der Waals surface area contributed by atoms with E-state index in [2.05, 4.69) is 4.74 Å². The van der Waals surface area contributed by atoms with Crippen LogP contribution in [-0.2, 0) is 28.5 Å². The van der Waals surface area contributed by atoms with E-state index in [4.69, 9.17) is 14.2 Å².